The molecule has 0 saturated heterocycles. The lowest BCUT2D eigenvalue weighted by molar-refractivity contribution is 0.0916. The summed E-state index contributed by atoms with van der Waals surface area (Å²) in [5, 5.41) is 11.9. The molecule has 0 radical (unpaired) electrons. The van der Waals surface area contributed by atoms with Crippen molar-refractivity contribution in [1.82, 2.24) is 14.9 Å². The van der Waals surface area contributed by atoms with E-state index < -0.39 is 36.0 Å². The molecule has 3 aromatic rings. The van der Waals surface area contributed by atoms with Crippen LogP contribution in [0, 0.1) is 17.5 Å². The fraction of sp³-hybridized carbons (Fsp3) is 0.176. The largest absolute Gasteiger partial charge is 0.394 e. The second-order valence-electron chi connectivity index (χ2n) is 5.57. The van der Waals surface area contributed by atoms with E-state index in [9.17, 15) is 23.1 Å². The van der Waals surface area contributed by atoms with Crippen LogP contribution in [0.15, 0.2) is 36.7 Å². The molecule has 130 valence electrons. The number of aryl methyl sites for hydroxylation is 1. The van der Waals surface area contributed by atoms with Crippen molar-refractivity contribution in [2.24, 2.45) is 7.05 Å². The molecule has 0 fully saturated rings. The van der Waals surface area contributed by atoms with Crippen molar-refractivity contribution in [1.29, 1.82) is 0 Å². The highest BCUT2D eigenvalue weighted by molar-refractivity contribution is 5.97. The molecule has 1 amide bonds. The standard InChI is InChI=1S/C17H14F3N3O2/c1-23-8-21-13-6-9(2-3-15(13)23)17(25)22-14(7-24)10-4-11(18)16(20)12(19)5-10/h2-6,8,14,24H,7H2,1H3,(H,22,25). The Morgan fingerprint density at radius 2 is 1.92 bits per heavy atom. The third-order valence-electron chi connectivity index (χ3n) is 3.88. The number of fused-ring (bicyclic) bond motifs is 1. The molecule has 0 aliphatic heterocycles. The van der Waals surface area contributed by atoms with Gasteiger partial charge in [0.1, 0.15) is 0 Å². The van der Waals surface area contributed by atoms with Crippen LogP contribution in [0.3, 0.4) is 0 Å². The number of aliphatic hydroxyl groups excluding tert-OH is 1. The molecule has 25 heavy (non-hydrogen) atoms. The van der Waals surface area contributed by atoms with Crippen LogP contribution < -0.4 is 5.32 Å². The molecule has 1 aromatic heterocycles. The minimum absolute atomic E-state index is 0.0776. The average Bonchev–Trinajstić information content (AvgIpc) is 2.97. The number of imidazole rings is 1. The summed E-state index contributed by atoms with van der Waals surface area (Å²) in [6.45, 7) is -0.609. The number of hydrogen-bond acceptors (Lipinski definition) is 3. The van der Waals surface area contributed by atoms with Gasteiger partial charge < -0.3 is 15.0 Å². The van der Waals surface area contributed by atoms with E-state index in [1.165, 1.54) is 0 Å². The number of hydrogen-bond donors (Lipinski definition) is 2. The van der Waals surface area contributed by atoms with Crippen molar-refractivity contribution in [3.8, 4) is 0 Å². The second-order valence-corrected chi connectivity index (χ2v) is 5.57. The summed E-state index contributed by atoms with van der Waals surface area (Å²) in [5.41, 5.74) is 1.63. The van der Waals surface area contributed by atoms with Crippen molar-refractivity contribution in [3.05, 3.63) is 65.2 Å². The first-order valence-corrected chi connectivity index (χ1v) is 7.38. The number of carbonyl (C=O) groups excluding carboxylic acids is 1. The molecule has 0 spiro atoms. The zero-order valence-corrected chi connectivity index (χ0v) is 13.1. The van der Waals surface area contributed by atoms with Gasteiger partial charge >= 0.3 is 0 Å². The fourth-order valence-electron chi connectivity index (χ4n) is 2.53. The summed E-state index contributed by atoms with van der Waals surface area (Å²) < 4.78 is 41.5. The van der Waals surface area contributed by atoms with Crippen LogP contribution in [0.5, 0.6) is 0 Å². The first-order chi connectivity index (χ1) is 11.9. The van der Waals surface area contributed by atoms with Crippen molar-refractivity contribution in [3.63, 3.8) is 0 Å². The van der Waals surface area contributed by atoms with Gasteiger partial charge in [-0.05, 0) is 35.9 Å². The minimum Gasteiger partial charge on any atom is -0.394 e. The predicted octanol–water partition coefficient (Wildman–Crippen LogP) is 2.45. The van der Waals surface area contributed by atoms with Gasteiger partial charge in [0.25, 0.3) is 5.91 Å². The number of amides is 1. The van der Waals surface area contributed by atoms with Gasteiger partial charge in [0.05, 0.1) is 30.0 Å². The summed E-state index contributed by atoms with van der Waals surface area (Å²) in [5.74, 6) is -4.95. The van der Waals surface area contributed by atoms with E-state index in [0.29, 0.717) is 5.52 Å². The van der Waals surface area contributed by atoms with E-state index in [2.05, 4.69) is 10.3 Å². The van der Waals surface area contributed by atoms with E-state index in [1.807, 2.05) is 7.05 Å². The SMILES string of the molecule is Cn1cnc2cc(C(=O)NC(CO)c3cc(F)c(F)c(F)c3)ccc21. The maximum absolute atomic E-state index is 13.4. The summed E-state index contributed by atoms with van der Waals surface area (Å²) in [4.78, 5) is 16.5. The number of benzene rings is 2. The highest BCUT2D eigenvalue weighted by atomic mass is 19.2. The monoisotopic (exact) mass is 349 g/mol. The molecule has 1 unspecified atom stereocenters. The highest BCUT2D eigenvalue weighted by Crippen LogP contribution is 2.20. The van der Waals surface area contributed by atoms with Gasteiger partial charge in [-0.1, -0.05) is 0 Å². The number of aliphatic hydroxyl groups is 1. The van der Waals surface area contributed by atoms with Crippen LogP contribution in [0.4, 0.5) is 13.2 Å². The zero-order chi connectivity index (χ0) is 18.1. The third-order valence-corrected chi connectivity index (χ3v) is 3.88. The molecule has 8 heteroatoms. The molecule has 2 N–H and O–H groups in total. The maximum Gasteiger partial charge on any atom is 0.251 e. The second kappa shape index (κ2) is 6.56. The van der Waals surface area contributed by atoms with Gasteiger partial charge in [0, 0.05) is 12.6 Å². The Kier molecular flexibility index (Phi) is 4.45. The van der Waals surface area contributed by atoms with Crippen molar-refractivity contribution >= 4 is 16.9 Å². The Balaban J connectivity index is 1.86. The van der Waals surface area contributed by atoms with Crippen molar-refractivity contribution < 1.29 is 23.1 Å². The maximum atomic E-state index is 13.4. The number of nitrogens with one attached hydrogen (secondary N) is 1. The summed E-state index contributed by atoms with van der Waals surface area (Å²) >= 11 is 0. The Morgan fingerprint density at radius 1 is 1.24 bits per heavy atom. The highest BCUT2D eigenvalue weighted by Gasteiger charge is 2.19. The topological polar surface area (TPSA) is 67.2 Å². The lowest BCUT2D eigenvalue weighted by Gasteiger charge is -2.17. The van der Waals surface area contributed by atoms with Crippen LogP contribution in [0.25, 0.3) is 11.0 Å². The summed E-state index contributed by atoms with van der Waals surface area (Å²) in [6.07, 6.45) is 1.60. The van der Waals surface area contributed by atoms with E-state index in [0.717, 1.165) is 17.6 Å². The smallest absolute Gasteiger partial charge is 0.251 e. The lowest BCUT2D eigenvalue weighted by atomic mass is 10.1. The van der Waals surface area contributed by atoms with E-state index >= 15 is 0 Å². The van der Waals surface area contributed by atoms with Gasteiger partial charge in [-0.2, -0.15) is 0 Å². The zero-order valence-electron chi connectivity index (χ0n) is 13.1. The van der Waals surface area contributed by atoms with Crippen molar-refractivity contribution in [2.45, 2.75) is 6.04 Å². The van der Waals surface area contributed by atoms with Gasteiger partial charge in [-0.3, -0.25) is 4.79 Å². The molecular formula is C17H14F3N3O2. The first kappa shape index (κ1) is 17.0. The first-order valence-electron chi connectivity index (χ1n) is 7.38. The number of rotatable bonds is 4. The molecule has 0 aliphatic rings. The van der Waals surface area contributed by atoms with Crippen LogP contribution in [0.1, 0.15) is 22.0 Å². The molecule has 2 aromatic carbocycles. The minimum atomic E-state index is -1.60. The third kappa shape index (κ3) is 3.20. The van der Waals surface area contributed by atoms with E-state index in [4.69, 9.17) is 0 Å². The molecule has 1 atom stereocenters. The van der Waals surface area contributed by atoms with E-state index in [-0.39, 0.29) is 11.1 Å². The van der Waals surface area contributed by atoms with Crippen LogP contribution in [0.2, 0.25) is 0 Å². The van der Waals surface area contributed by atoms with Crippen LogP contribution >= 0.6 is 0 Å². The van der Waals surface area contributed by atoms with Gasteiger partial charge in [-0.15, -0.1) is 0 Å². The Morgan fingerprint density at radius 3 is 2.56 bits per heavy atom. The molecule has 0 bridgehead atoms. The van der Waals surface area contributed by atoms with Crippen molar-refractivity contribution in [2.75, 3.05) is 6.61 Å². The van der Waals surface area contributed by atoms with Crippen LogP contribution in [-0.4, -0.2) is 27.2 Å². The summed E-state index contributed by atoms with van der Waals surface area (Å²) in [6, 6.07) is 5.23. The van der Waals surface area contributed by atoms with Gasteiger partial charge in [0.15, 0.2) is 17.5 Å². The predicted molar refractivity (Wildman–Crippen MR) is 84.3 cm³/mol. The van der Waals surface area contributed by atoms with Gasteiger partial charge in [0.2, 0.25) is 0 Å². The molecule has 5 nitrogen and oxygen atoms in total. The normalized spacial score (nSPS) is 12.4. The average molecular weight is 349 g/mol. The molecule has 3 rings (SSSR count). The molecular weight excluding hydrogens is 335 g/mol. The molecule has 1 heterocycles. The number of carbonyl (C=O) groups is 1. The number of halogens is 3. The van der Waals surface area contributed by atoms with Crippen LogP contribution in [-0.2, 0) is 7.05 Å². The Bertz CT molecular complexity index is 932. The quantitative estimate of drug-likeness (QED) is 0.711. The van der Waals surface area contributed by atoms with Gasteiger partial charge in [-0.25, -0.2) is 18.2 Å². The number of nitrogens with zero attached hydrogens (tertiary/aromatic N) is 2. The summed E-state index contributed by atoms with van der Waals surface area (Å²) in [7, 11) is 1.81. The lowest BCUT2D eigenvalue weighted by Crippen LogP contribution is -2.31. The fourth-order valence-corrected chi connectivity index (χ4v) is 2.53. The number of aromatic nitrogens is 2. The molecule has 0 saturated carbocycles. The van der Waals surface area contributed by atoms with E-state index in [1.54, 1.807) is 29.1 Å². The Labute approximate surface area is 140 Å². The molecule has 0 aliphatic carbocycles. The Hall–Kier alpha value is -2.87.